The lowest BCUT2D eigenvalue weighted by Crippen LogP contribution is -2.63. The van der Waals surface area contributed by atoms with Crippen LogP contribution in [0, 0.1) is 5.82 Å². The number of nitrogens with one attached hydrogen (secondary N) is 2. The molecule has 2 fully saturated rings. The number of ether oxygens (including phenoxy) is 1. The van der Waals surface area contributed by atoms with Gasteiger partial charge in [0.2, 0.25) is 5.91 Å². The molecule has 0 aromatic heterocycles. The van der Waals surface area contributed by atoms with E-state index >= 15 is 0 Å². The molecule has 3 heterocycles. The van der Waals surface area contributed by atoms with Gasteiger partial charge in [-0.15, -0.1) is 0 Å². The Morgan fingerprint density at radius 1 is 1.11 bits per heavy atom. The van der Waals surface area contributed by atoms with Crippen molar-refractivity contribution in [3.8, 4) is 0 Å². The summed E-state index contributed by atoms with van der Waals surface area (Å²) in [5.74, 6) is -1.23. The first-order valence-corrected chi connectivity index (χ1v) is 12.3. The van der Waals surface area contributed by atoms with Crippen molar-refractivity contribution in [3.63, 3.8) is 0 Å². The minimum absolute atomic E-state index is 0.181. The first-order chi connectivity index (χ1) is 16.8. The fraction of sp³-hybridized carbons (Fsp3) is 0.560. The summed E-state index contributed by atoms with van der Waals surface area (Å²) in [6, 6.07) is 4.47. The predicted octanol–water partition coefficient (Wildman–Crippen LogP) is 1.80. The number of carbonyl (C=O) groups is 3. The number of amides is 3. The predicted molar refractivity (Wildman–Crippen MR) is 127 cm³/mol. The molecule has 1 atom stereocenters. The molecule has 10 heteroatoms. The Labute approximate surface area is 204 Å². The van der Waals surface area contributed by atoms with E-state index < -0.39 is 29.4 Å². The van der Waals surface area contributed by atoms with E-state index in [4.69, 9.17) is 10.5 Å². The molecule has 1 aromatic rings. The van der Waals surface area contributed by atoms with Crippen LogP contribution in [0.25, 0.3) is 0 Å². The summed E-state index contributed by atoms with van der Waals surface area (Å²) in [6.45, 7) is 5.17. The van der Waals surface area contributed by atoms with E-state index in [-0.39, 0.29) is 12.5 Å². The fourth-order valence-electron chi connectivity index (χ4n) is 5.44. The molecule has 9 nitrogen and oxygen atoms in total. The van der Waals surface area contributed by atoms with Crippen LogP contribution in [0.4, 0.5) is 9.18 Å². The van der Waals surface area contributed by atoms with Gasteiger partial charge in [-0.1, -0.05) is 18.6 Å². The summed E-state index contributed by atoms with van der Waals surface area (Å²) in [6.07, 6.45) is 4.50. The largest absolute Gasteiger partial charge is 0.463 e. The van der Waals surface area contributed by atoms with Gasteiger partial charge in [0.25, 0.3) is 0 Å². The first kappa shape index (κ1) is 25.1. The molecule has 1 unspecified atom stereocenters. The molecular weight excluding hydrogens is 453 g/mol. The number of likely N-dealkylation sites (tertiary alicyclic amines) is 2. The van der Waals surface area contributed by atoms with Crippen LogP contribution < -0.4 is 16.4 Å². The van der Waals surface area contributed by atoms with Crippen LogP contribution in [0.5, 0.6) is 0 Å². The molecule has 0 saturated carbocycles. The highest BCUT2D eigenvalue weighted by Crippen LogP contribution is 2.33. The summed E-state index contributed by atoms with van der Waals surface area (Å²) >= 11 is 0. The third-order valence-electron chi connectivity index (χ3n) is 7.34. The van der Waals surface area contributed by atoms with Crippen molar-refractivity contribution in [1.29, 1.82) is 0 Å². The molecule has 4 rings (SSSR count). The smallest absolute Gasteiger partial charge is 0.338 e. The van der Waals surface area contributed by atoms with E-state index in [0.717, 1.165) is 25.9 Å². The Kier molecular flexibility index (Phi) is 7.71. The average molecular weight is 488 g/mol. The van der Waals surface area contributed by atoms with Gasteiger partial charge in [-0.05, 0) is 63.4 Å². The van der Waals surface area contributed by atoms with Gasteiger partial charge >= 0.3 is 12.0 Å². The van der Waals surface area contributed by atoms with Crippen LogP contribution in [0.2, 0.25) is 0 Å². The van der Waals surface area contributed by atoms with Crippen molar-refractivity contribution in [1.82, 2.24) is 20.4 Å². The minimum Gasteiger partial charge on any atom is -0.463 e. The van der Waals surface area contributed by atoms with Crippen LogP contribution >= 0.6 is 0 Å². The number of carbonyl (C=O) groups excluding carboxylic acids is 3. The Morgan fingerprint density at radius 3 is 2.37 bits per heavy atom. The number of hydrogen-bond acceptors (Lipinski definition) is 6. The molecule has 2 saturated heterocycles. The van der Waals surface area contributed by atoms with E-state index in [9.17, 15) is 18.8 Å². The Balaban J connectivity index is 1.57. The number of nitrogens with zero attached hydrogens (tertiary/aromatic N) is 2. The van der Waals surface area contributed by atoms with Gasteiger partial charge in [-0.2, -0.15) is 0 Å². The number of piperidine rings is 2. The summed E-state index contributed by atoms with van der Waals surface area (Å²) in [4.78, 5) is 42.4. The van der Waals surface area contributed by atoms with Gasteiger partial charge in [0.15, 0.2) is 0 Å². The molecular formula is C25H34FN5O4. The van der Waals surface area contributed by atoms with Crippen LogP contribution in [-0.2, 0) is 14.3 Å². The van der Waals surface area contributed by atoms with Crippen molar-refractivity contribution in [2.45, 2.75) is 50.6 Å². The second kappa shape index (κ2) is 10.7. The highest BCUT2D eigenvalue weighted by atomic mass is 19.1. The number of primary amides is 1. The van der Waals surface area contributed by atoms with Crippen LogP contribution in [-0.4, -0.2) is 72.6 Å². The highest BCUT2D eigenvalue weighted by molar-refractivity contribution is 5.95. The zero-order chi connectivity index (χ0) is 25.0. The quantitative estimate of drug-likeness (QED) is 0.505. The summed E-state index contributed by atoms with van der Waals surface area (Å²) in [5.41, 5.74) is 6.58. The zero-order valence-electron chi connectivity index (χ0n) is 20.1. The van der Waals surface area contributed by atoms with E-state index in [0.29, 0.717) is 49.3 Å². The lowest BCUT2D eigenvalue weighted by atomic mass is 9.83. The molecule has 4 N–H and O–H groups in total. The number of urea groups is 1. The highest BCUT2D eigenvalue weighted by Gasteiger charge is 2.45. The molecule has 190 valence electrons. The standard InChI is InChI=1S/C25H34FN5O4/c1-2-35-22(32)20-19(28-24(34)29-21(20)17-6-8-18(26)9-7-17)16-30-14-10-25(11-15-30,23(27)33)31-12-4-3-5-13-31/h6-9,21H,2-5,10-16H2,1H3,(H2,27,33)(H2,28,29,34). The van der Waals surface area contributed by atoms with Crippen LogP contribution in [0.3, 0.4) is 0 Å². The molecule has 0 radical (unpaired) electrons. The Hall–Kier alpha value is -2.98. The van der Waals surface area contributed by atoms with Gasteiger partial charge in [0.1, 0.15) is 11.4 Å². The maximum absolute atomic E-state index is 13.5. The second-order valence-electron chi connectivity index (χ2n) is 9.42. The van der Waals surface area contributed by atoms with Crippen molar-refractivity contribution in [3.05, 3.63) is 46.9 Å². The molecule has 3 aliphatic rings. The zero-order valence-corrected chi connectivity index (χ0v) is 20.1. The van der Waals surface area contributed by atoms with Crippen molar-refractivity contribution in [2.75, 3.05) is 39.3 Å². The molecule has 35 heavy (non-hydrogen) atoms. The van der Waals surface area contributed by atoms with Gasteiger partial charge in [-0.3, -0.25) is 14.6 Å². The topological polar surface area (TPSA) is 117 Å². The summed E-state index contributed by atoms with van der Waals surface area (Å²) < 4.78 is 18.8. The monoisotopic (exact) mass is 487 g/mol. The van der Waals surface area contributed by atoms with E-state index in [2.05, 4.69) is 20.4 Å². The van der Waals surface area contributed by atoms with Crippen LogP contribution in [0.1, 0.15) is 50.6 Å². The molecule has 3 aliphatic heterocycles. The molecule has 1 aromatic carbocycles. The molecule has 0 bridgehead atoms. The van der Waals surface area contributed by atoms with Gasteiger partial charge in [-0.25, -0.2) is 14.0 Å². The Morgan fingerprint density at radius 2 is 1.77 bits per heavy atom. The van der Waals surface area contributed by atoms with Gasteiger partial charge in [0, 0.05) is 25.3 Å². The van der Waals surface area contributed by atoms with E-state index in [1.165, 1.54) is 18.6 Å². The lowest BCUT2D eigenvalue weighted by Gasteiger charge is -2.48. The van der Waals surface area contributed by atoms with Crippen LogP contribution in [0.15, 0.2) is 35.5 Å². The molecule has 0 spiro atoms. The SMILES string of the molecule is CCOC(=O)C1=C(CN2CCC(C(N)=O)(N3CCCCC3)CC2)NC(=O)NC1c1ccc(F)cc1. The first-order valence-electron chi connectivity index (χ1n) is 12.3. The summed E-state index contributed by atoms with van der Waals surface area (Å²) in [5, 5.41) is 5.54. The minimum atomic E-state index is -0.763. The van der Waals surface area contributed by atoms with E-state index in [1.54, 1.807) is 19.1 Å². The third kappa shape index (κ3) is 5.33. The average Bonchev–Trinajstić information content (AvgIpc) is 2.85. The number of halogens is 1. The fourth-order valence-corrected chi connectivity index (χ4v) is 5.44. The van der Waals surface area contributed by atoms with E-state index in [1.807, 2.05) is 0 Å². The lowest BCUT2D eigenvalue weighted by molar-refractivity contribution is -0.139. The van der Waals surface area contributed by atoms with Crippen molar-refractivity contribution in [2.24, 2.45) is 5.73 Å². The summed E-state index contributed by atoms with van der Waals surface area (Å²) in [7, 11) is 0. The number of esters is 1. The van der Waals surface area contributed by atoms with Crippen molar-refractivity contribution < 1.29 is 23.5 Å². The maximum atomic E-state index is 13.5. The normalized spacial score (nSPS) is 23.4. The molecule has 3 amide bonds. The maximum Gasteiger partial charge on any atom is 0.338 e. The van der Waals surface area contributed by atoms with Gasteiger partial charge < -0.3 is 21.1 Å². The van der Waals surface area contributed by atoms with Crippen molar-refractivity contribution >= 4 is 17.9 Å². The number of nitrogens with two attached hydrogens (primary N) is 1. The molecule has 0 aliphatic carbocycles. The number of benzene rings is 1. The van der Waals surface area contributed by atoms with Gasteiger partial charge in [0.05, 0.1) is 18.2 Å². The number of rotatable bonds is 7. The second-order valence-corrected chi connectivity index (χ2v) is 9.42. The Bertz CT molecular complexity index is 982. The number of hydrogen-bond donors (Lipinski definition) is 3. The third-order valence-corrected chi connectivity index (χ3v) is 7.34.